The zero-order chi connectivity index (χ0) is 18.7. The summed E-state index contributed by atoms with van der Waals surface area (Å²) < 4.78 is 11.0. The third-order valence-electron chi connectivity index (χ3n) is 4.46. The van der Waals surface area contributed by atoms with Gasteiger partial charge in [-0.15, -0.1) is 0 Å². The number of hydrogen-bond donors (Lipinski definition) is 1. The zero-order valence-electron chi connectivity index (χ0n) is 14.4. The van der Waals surface area contributed by atoms with Crippen LogP contribution in [0.3, 0.4) is 0 Å². The smallest absolute Gasteiger partial charge is 0.409 e. The number of likely N-dealkylation sites (tertiary alicyclic amines) is 1. The molecular weight excluding hydrogens is 406 g/mol. The molecule has 1 saturated heterocycles. The van der Waals surface area contributed by atoms with E-state index in [1.54, 1.807) is 23.1 Å². The Morgan fingerprint density at radius 2 is 2.08 bits per heavy atom. The Labute approximate surface area is 159 Å². The highest BCUT2D eigenvalue weighted by Crippen LogP contribution is 2.34. The van der Waals surface area contributed by atoms with Gasteiger partial charge < -0.3 is 19.7 Å². The Morgan fingerprint density at radius 1 is 1.35 bits per heavy atom. The third-order valence-corrected chi connectivity index (χ3v) is 4.95. The fraction of sp³-hybridized carbons (Fsp3) is 0.471. The fourth-order valence-electron chi connectivity index (χ4n) is 3.10. The number of amides is 3. The molecule has 0 spiro atoms. The molecule has 2 aliphatic heterocycles. The molecule has 0 aliphatic carbocycles. The van der Waals surface area contributed by atoms with Crippen LogP contribution in [0.2, 0.25) is 0 Å². The Hall–Kier alpha value is -2.29. The maximum Gasteiger partial charge on any atom is 0.409 e. The highest BCUT2D eigenvalue weighted by Gasteiger charge is 2.29. The lowest BCUT2D eigenvalue weighted by Gasteiger charge is -2.32. The number of rotatable bonds is 3. The van der Waals surface area contributed by atoms with Gasteiger partial charge in [-0.1, -0.05) is 15.9 Å². The number of nitrogens with zero attached hydrogens (tertiary/aromatic N) is 2. The predicted molar refractivity (Wildman–Crippen MR) is 97.1 cm³/mol. The SMILES string of the molecule is COC(=O)N1CCC(NC(=O)CN2C(=O)COc3cc(Br)ccc32)CC1. The van der Waals surface area contributed by atoms with E-state index in [1.165, 1.54) is 12.0 Å². The van der Waals surface area contributed by atoms with Crippen LogP contribution in [0.1, 0.15) is 12.8 Å². The van der Waals surface area contributed by atoms with Crippen LogP contribution in [-0.2, 0) is 14.3 Å². The summed E-state index contributed by atoms with van der Waals surface area (Å²) in [5.74, 6) is 0.0827. The minimum absolute atomic E-state index is 0.0241. The molecule has 0 radical (unpaired) electrons. The zero-order valence-corrected chi connectivity index (χ0v) is 16.0. The second-order valence-corrected chi connectivity index (χ2v) is 7.10. The average Bonchev–Trinajstić information content (AvgIpc) is 2.64. The van der Waals surface area contributed by atoms with Crippen molar-refractivity contribution in [2.45, 2.75) is 18.9 Å². The fourth-order valence-corrected chi connectivity index (χ4v) is 3.44. The van der Waals surface area contributed by atoms with E-state index in [2.05, 4.69) is 21.2 Å². The number of ether oxygens (including phenoxy) is 2. The van der Waals surface area contributed by atoms with Crippen molar-refractivity contribution in [3.8, 4) is 5.75 Å². The van der Waals surface area contributed by atoms with Gasteiger partial charge in [0.15, 0.2) is 6.61 Å². The molecule has 2 aliphatic rings. The van der Waals surface area contributed by atoms with Crippen molar-refractivity contribution >= 4 is 39.5 Å². The topological polar surface area (TPSA) is 88.2 Å². The molecule has 8 nitrogen and oxygen atoms in total. The van der Waals surface area contributed by atoms with E-state index in [9.17, 15) is 14.4 Å². The van der Waals surface area contributed by atoms with Crippen LogP contribution in [-0.4, -0.2) is 62.2 Å². The molecule has 2 heterocycles. The Morgan fingerprint density at radius 3 is 2.77 bits per heavy atom. The first-order valence-corrected chi connectivity index (χ1v) is 9.12. The first kappa shape index (κ1) is 18.5. The molecule has 0 bridgehead atoms. The summed E-state index contributed by atoms with van der Waals surface area (Å²) in [6, 6.07) is 5.30. The first-order valence-electron chi connectivity index (χ1n) is 8.33. The number of carbonyl (C=O) groups excluding carboxylic acids is 3. The van der Waals surface area contributed by atoms with Crippen molar-refractivity contribution in [1.29, 1.82) is 0 Å². The van der Waals surface area contributed by atoms with E-state index in [1.807, 2.05) is 0 Å². The van der Waals surface area contributed by atoms with Crippen molar-refractivity contribution in [3.63, 3.8) is 0 Å². The molecule has 3 rings (SSSR count). The van der Waals surface area contributed by atoms with Crippen molar-refractivity contribution < 1.29 is 23.9 Å². The summed E-state index contributed by atoms with van der Waals surface area (Å²) in [6.45, 7) is 0.915. The lowest BCUT2D eigenvalue weighted by molar-refractivity contribution is -0.125. The van der Waals surface area contributed by atoms with Crippen molar-refractivity contribution in [1.82, 2.24) is 10.2 Å². The lowest BCUT2D eigenvalue weighted by atomic mass is 10.1. The van der Waals surface area contributed by atoms with Crippen LogP contribution in [0, 0.1) is 0 Å². The van der Waals surface area contributed by atoms with Crippen molar-refractivity contribution in [2.75, 3.05) is 38.3 Å². The predicted octanol–water partition coefficient (Wildman–Crippen LogP) is 1.52. The number of hydrogen-bond acceptors (Lipinski definition) is 5. The highest BCUT2D eigenvalue weighted by molar-refractivity contribution is 9.10. The number of methoxy groups -OCH3 is 1. The summed E-state index contributed by atoms with van der Waals surface area (Å²) in [4.78, 5) is 39.1. The number of carbonyl (C=O) groups is 3. The first-order chi connectivity index (χ1) is 12.5. The van der Waals surface area contributed by atoms with Gasteiger partial charge in [0.2, 0.25) is 5.91 Å². The van der Waals surface area contributed by atoms with Crippen LogP contribution in [0.4, 0.5) is 10.5 Å². The van der Waals surface area contributed by atoms with Crippen LogP contribution >= 0.6 is 15.9 Å². The number of benzene rings is 1. The molecule has 0 unspecified atom stereocenters. The van der Waals surface area contributed by atoms with Crippen LogP contribution in [0.15, 0.2) is 22.7 Å². The molecule has 26 heavy (non-hydrogen) atoms. The number of fused-ring (bicyclic) bond motifs is 1. The van der Waals surface area contributed by atoms with E-state index >= 15 is 0 Å². The van der Waals surface area contributed by atoms with Crippen LogP contribution in [0.25, 0.3) is 0 Å². The summed E-state index contributed by atoms with van der Waals surface area (Å²) in [6.07, 6.45) is 0.958. The third kappa shape index (κ3) is 4.09. The molecule has 0 atom stereocenters. The van der Waals surface area contributed by atoms with Crippen LogP contribution < -0.4 is 15.0 Å². The quantitative estimate of drug-likeness (QED) is 0.792. The van der Waals surface area contributed by atoms with Gasteiger partial charge in [0.05, 0.1) is 12.8 Å². The second-order valence-electron chi connectivity index (χ2n) is 6.18. The van der Waals surface area contributed by atoms with Gasteiger partial charge in [0.25, 0.3) is 5.91 Å². The standard InChI is InChI=1S/C17H20BrN3O5/c1-25-17(24)20-6-4-12(5-7-20)19-15(22)9-21-13-3-2-11(18)8-14(13)26-10-16(21)23/h2-3,8,12H,4-7,9-10H2,1H3,(H,19,22). The molecular formula is C17H20BrN3O5. The van der Waals surface area contributed by atoms with Crippen LogP contribution in [0.5, 0.6) is 5.75 Å². The molecule has 1 fully saturated rings. The van der Waals surface area contributed by atoms with Gasteiger partial charge in [0, 0.05) is 23.6 Å². The molecule has 1 aromatic carbocycles. The van der Waals surface area contributed by atoms with Gasteiger partial charge in [-0.05, 0) is 31.0 Å². The Balaban J connectivity index is 1.57. The average molecular weight is 426 g/mol. The van der Waals surface area contributed by atoms with Gasteiger partial charge in [-0.2, -0.15) is 0 Å². The second kappa shape index (κ2) is 7.94. The summed E-state index contributed by atoms with van der Waals surface area (Å²) in [7, 11) is 1.35. The monoisotopic (exact) mass is 425 g/mol. The molecule has 0 aromatic heterocycles. The molecule has 0 saturated carbocycles. The minimum Gasteiger partial charge on any atom is -0.482 e. The maximum atomic E-state index is 12.4. The molecule has 1 N–H and O–H groups in total. The van der Waals surface area contributed by atoms with E-state index in [-0.39, 0.29) is 37.1 Å². The number of piperidine rings is 1. The van der Waals surface area contributed by atoms with Gasteiger partial charge >= 0.3 is 6.09 Å². The van der Waals surface area contributed by atoms with Gasteiger partial charge in [0.1, 0.15) is 12.3 Å². The molecule has 140 valence electrons. The molecule has 9 heteroatoms. The Kier molecular flexibility index (Phi) is 5.65. The minimum atomic E-state index is -0.351. The largest absolute Gasteiger partial charge is 0.482 e. The van der Waals surface area contributed by atoms with Gasteiger partial charge in [-0.25, -0.2) is 4.79 Å². The number of nitrogens with one attached hydrogen (secondary N) is 1. The summed E-state index contributed by atoms with van der Waals surface area (Å²) >= 11 is 3.36. The van der Waals surface area contributed by atoms with Crippen molar-refractivity contribution in [3.05, 3.63) is 22.7 Å². The number of halogens is 1. The highest BCUT2D eigenvalue weighted by atomic mass is 79.9. The lowest BCUT2D eigenvalue weighted by Crippen LogP contribution is -2.50. The van der Waals surface area contributed by atoms with Gasteiger partial charge in [-0.3, -0.25) is 14.5 Å². The molecule has 1 aromatic rings. The van der Waals surface area contributed by atoms with E-state index in [0.717, 1.165) is 4.47 Å². The number of anilines is 1. The molecule has 3 amide bonds. The van der Waals surface area contributed by atoms with E-state index in [0.29, 0.717) is 37.4 Å². The summed E-state index contributed by atoms with van der Waals surface area (Å²) in [5, 5.41) is 2.94. The van der Waals surface area contributed by atoms with E-state index < -0.39 is 0 Å². The van der Waals surface area contributed by atoms with Crippen molar-refractivity contribution in [2.24, 2.45) is 0 Å². The Bertz CT molecular complexity index is 718. The summed E-state index contributed by atoms with van der Waals surface area (Å²) in [5.41, 5.74) is 0.583. The normalized spacial score (nSPS) is 17.4. The van der Waals surface area contributed by atoms with E-state index in [4.69, 9.17) is 9.47 Å². The maximum absolute atomic E-state index is 12.4.